The Morgan fingerprint density at radius 3 is 2.48 bits per heavy atom. The predicted molar refractivity (Wildman–Crippen MR) is 104 cm³/mol. The zero-order valence-electron chi connectivity index (χ0n) is 15.1. The fourth-order valence-electron chi connectivity index (χ4n) is 2.98. The smallest absolute Gasteiger partial charge is 0.239 e. The molecule has 2 aromatic carbocycles. The molecule has 0 fully saturated rings. The van der Waals surface area contributed by atoms with Gasteiger partial charge in [-0.3, -0.25) is 0 Å². The van der Waals surface area contributed by atoms with Crippen molar-refractivity contribution in [1.82, 2.24) is 14.6 Å². The second-order valence-electron chi connectivity index (χ2n) is 6.19. The van der Waals surface area contributed by atoms with Gasteiger partial charge in [0.2, 0.25) is 5.88 Å². The molecule has 0 saturated heterocycles. The zero-order chi connectivity index (χ0) is 18.6. The van der Waals surface area contributed by atoms with Gasteiger partial charge in [-0.1, -0.05) is 25.1 Å². The van der Waals surface area contributed by atoms with E-state index < -0.39 is 0 Å². The van der Waals surface area contributed by atoms with Crippen molar-refractivity contribution in [3.05, 3.63) is 54.7 Å². The van der Waals surface area contributed by atoms with Crippen molar-refractivity contribution in [1.29, 1.82) is 0 Å². The van der Waals surface area contributed by atoms with Crippen LogP contribution in [0.3, 0.4) is 0 Å². The number of imidazole rings is 1. The van der Waals surface area contributed by atoms with Crippen molar-refractivity contribution >= 4 is 16.4 Å². The molecule has 0 spiro atoms. The number of benzene rings is 2. The lowest BCUT2D eigenvalue weighted by Gasteiger charge is -2.08. The lowest BCUT2D eigenvalue weighted by Crippen LogP contribution is -2.02. The van der Waals surface area contributed by atoms with E-state index in [9.17, 15) is 0 Å². The van der Waals surface area contributed by atoms with Gasteiger partial charge in [0.15, 0.2) is 5.65 Å². The van der Waals surface area contributed by atoms with E-state index in [1.165, 1.54) is 0 Å². The van der Waals surface area contributed by atoms with Crippen LogP contribution in [0.25, 0.3) is 27.7 Å². The molecule has 2 heterocycles. The Hall–Kier alpha value is -3.12. The van der Waals surface area contributed by atoms with Crippen molar-refractivity contribution in [2.45, 2.75) is 13.3 Å². The molecule has 0 aliphatic rings. The minimum Gasteiger partial charge on any atom is -0.491 e. The van der Waals surface area contributed by atoms with Gasteiger partial charge in [0.05, 0.1) is 25.1 Å². The summed E-state index contributed by atoms with van der Waals surface area (Å²) in [5.41, 5.74) is 2.59. The quantitative estimate of drug-likeness (QED) is 0.542. The van der Waals surface area contributed by atoms with Crippen LogP contribution in [-0.2, 0) is 0 Å². The van der Waals surface area contributed by atoms with Crippen LogP contribution < -0.4 is 9.47 Å². The summed E-state index contributed by atoms with van der Waals surface area (Å²) in [5, 5.41) is 15.4. The summed E-state index contributed by atoms with van der Waals surface area (Å²) in [6, 6.07) is 15.7. The third-order valence-corrected chi connectivity index (χ3v) is 4.24. The first-order chi connectivity index (χ1) is 13.3. The molecule has 27 heavy (non-hydrogen) atoms. The number of aliphatic hydroxyl groups excluding tert-OH is 1. The Kier molecular flexibility index (Phi) is 4.89. The lowest BCUT2D eigenvalue weighted by atomic mass is 10.1. The summed E-state index contributed by atoms with van der Waals surface area (Å²) in [5.74, 6) is 1.34. The highest BCUT2D eigenvalue weighted by Crippen LogP contribution is 2.29. The van der Waals surface area contributed by atoms with E-state index in [0.29, 0.717) is 12.5 Å². The molecule has 6 nitrogen and oxygen atoms in total. The number of hydrogen-bond donors (Lipinski definition) is 1. The van der Waals surface area contributed by atoms with Crippen molar-refractivity contribution < 1.29 is 14.6 Å². The number of rotatable bonds is 7. The van der Waals surface area contributed by atoms with Gasteiger partial charge < -0.3 is 14.6 Å². The normalized spacial score (nSPS) is 11.2. The molecule has 0 amide bonds. The highest BCUT2D eigenvalue weighted by molar-refractivity contribution is 5.97. The molecule has 6 heteroatoms. The van der Waals surface area contributed by atoms with Crippen molar-refractivity contribution in [3.63, 3.8) is 0 Å². The van der Waals surface area contributed by atoms with Crippen LogP contribution in [-0.4, -0.2) is 39.5 Å². The number of ether oxygens (including phenoxy) is 2. The predicted octanol–water partition coefficient (Wildman–Crippen LogP) is 3.71. The molecule has 2 aromatic heterocycles. The maximum absolute atomic E-state index is 8.85. The Labute approximate surface area is 157 Å². The highest BCUT2D eigenvalue weighted by Gasteiger charge is 2.13. The van der Waals surface area contributed by atoms with E-state index >= 15 is 0 Å². The summed E-state index contributed by atoms with van der Waals surface area (Å²) >= 11 is 0. The van der Waals surface area contributed by atoms with Gasteiger partial charge in [-0.15, -0.1) is 5.10 Å². The van der Waals surface area contributed by atoms with Crippen LogP contribution >= 0.6 is 0 Å². The van der Waals surface area contributed by atoms with Crippen molar-refractivity contribution in [3.8, 4) is 22.9 Å². The van der Waals surface area contributed by atoms with Crippen LogP contribution in [0.4, 0.5) is 0 Å². The second kappa shape index (κ2) is 7.63. The number of nitrogens with zero attached hydrogens (tertiary/aromatic N) is 3. The molecule has 0 saturated carbocycles. The molecule has 4 rings (SSSR count). The molecule has 4 aromatic rings. The first-order valence-corrected chi connectivity index (χ1v) is 9.05. The number of aromatic nitrogens is 3. The second-order valence-corrected chi connectivity index (χ2v) is 6.19. The average Bonchev–Trinajstić information content (AvgIpc) is 3.15. The summed E-state index contributed by atoms with van der Waals surface area (Å²) in [7, 11) is 0. The standard InChI is InChI=1S/C21H21N3O3/c1-2-12-27-21-18-6-4-3-5-17(18)20-22-19(14-24(20)23-21)15-7-9-16(10-8-15)26-13-11-25/h3-10,14,25H,2,11-13H2,1H3. The fourth-order valence-corrected chi connectivity index (χ4v) is 2.98. The van der Waals surface area contributed by atoms with Gasteiger partial charge in [-0.2, -0.15) is 0 Å². The monoisotopic (exact) mass is 363 g/mol. The third-order valence-electron chi connectivity index (χ3n) is 4.24. The molecule has 0 aliphatic carbocycles. The number of hydrogen-bond acceptors (Lipinski definition) is 5. The van der Waals surface area contributed by atoms with Gasteiger partial charge in [-0.05, 0) is 36.8 Å². The Morgan fingerprint density at radius 2 is 1.74 bits per heavy atom. The lowest BCUT2D eigenvalue weighted by molar-refractivity contribution is 0.201. The number of aliphatic hydroxyl groups is 1. The first kappa shape index (κ1) is 17.3. The topological polar surface area (TPSA) is 68.9 Å². The van der Waals surface area contributed by atoms with Crippen molar-refractivity contribution in [2.75, 3.05) is 19.8 Å². The zero-order valence-corrected chi connectivity index (χ0v) is 15.1. The summed E-state index contributed by atoms with van der Waals surface area (Å²) in [6.07, 6.45) is 2.83. The van der Waals surface area contributed by atoms with Crippen LogP contribution in [0.5, 0.6) is 11.6 Å². The van der Waals surface area contributed by atoms with Crippen LogP contribution in [0.2, 0.25) is 0 Å². The van der Waals surface area contributed by atoms with Crippen LogP contribution in [0, 0.1) is 0 Å². The molecule has 0 radical (unpaired) electrons. The van der Waals surface area contributed by atoms with E-state index in [2.05, 4.69) is 12.0 Å². The average molecular weight is 363 g/mol. The van der Waals surface area contributed by atoms with Gasteiger partial charge >= 0.3 is 0 Å². The number of fused-ring (bicyclic) bond motifs is 3. The van der Waals surface area contributed by atoms with Gasteiger partial charge in [0.25, 0.3) is 0 Å². The third kappa shape index (κ3) is 3.44. The van der Waals surface area contributed by atoms with E-state index in [-0.39, 0.29) is 13.2 Å². The van der Waals surface area contributed by atoms with Crippen LogP contribution in [0.1, 0.15) is 13.3 Å². The minimum absolute atomic E-state index is 0.00460. The van der Waals surface area contributed by atoms with E-state index in [4.69, 9.17) is 19.6 Å². The maximum Gasteiger partial charge on any atom is 0.239 e. The van der Waals surface area contributed by atoms with E-state index in [0.717, 1.165) is 39.8 Å². The molecule has 138 valence electrons. The van der Waals surface area contributed by atoms with Gasteiger partial charge in [-0.25, -0.2) is 9.50 Å². The Morgan fingerprint density at radius 1 is 0.963 bits per heavy atom. The van der Waals surface area contributed by atoms with Gasteiger partial charge in [0, 0.05) is 16.3 Å². The van der Waals surface area contributed by atoms with Crippen LogP contribution in [0.15, 0.2) is 54.7 Å². The Balaban J connectivity index is 1.76. The molecule has 0 bridgehead atoms. The SMILES string of the molecule is CCCOc1nn2cc(-c3ccc(OCCO)cc3)nc2c2ccccc12. The molecular formula is C21H21N3O3. The molecule has 1 N–H and O–H groups in total. The fraction of sp³-hybridized carbons (Fsp3) is 0.238. The summed E-state index contributed by atoms with van der Waals surface area (Å²) in [6.45, 7) is 2.98. The molecule has 0 aliphatic heterocycles. The van der Waals surface area contributed by atoms with E-state index in [1.54, 1.807) is 4.52 Å². The minimum atomic E-state index is -0.00460. The molecular weight excluding hydrogens is 342 g/mol. The maximum atomic E-state index is 8.85. The molecule has 0 unspecified atom stereocenters. The largest absolute Gasteiger partial charge is 0.491 e. The summed E-state index contributed by atoms with van der Waals surface area (Å²) < 4.78 is 13.0. The Bertz CT molecular complexity index is 1060. The first-order valence-electron chi connectivity index (χ1n) is 9.05. The van der Waals surface area contributed by atoms with Crippen molar-refractivity contribution in [2.24, 2.45) is 0 Å². The molecule has 0 atom stereocenters. The van der Waals surface area contributed by atoms with Gasteiger partial charge in [0.1, 0.15) is 12.4 Å². The summed E-state index contributed by atoms with van der Waals surface area (Å²) in [4.78, 5) is 4.79. The van der Waals surface area contributed by atoms with E-state index in [1.807, 2.05) is 54.7 Å². The highest BCUT2D eigenvalue weighted by atomic mass is 16.5.